The summed E-state index contributed by atoms with van der Waals surface area (Å²) in [5, 5.41) is 3.49. The van der Waals surface area contributed by atoms with Gasteiger partial charge >= 0.3 is 0 Å². The number of hydrogen-bond donors (Lipinski definition) is 1. The van der Waals surface area contributed by atoms with E-state index >= 15 is 0 Å². The van der Waals surface area contributed by atoms with Gasteiger partial charge in [0.2, 0.25) is 0 Å². The number of nitrogens with zero attached hydrogens (tertiary/aromatic N) is 1. The Kier molecular flexibility index (Phi) is 3.15. The van der Waals surface area contributed by atoms with Gasteiger partial charge in [-0.15, -0.1) is 0 Å². The molecule has 0 bridgehead atoms. The molecule has 2 aromatic carbocycles. The Bertz CT molecular complexity index is 681. The highest BCUT2D eigenvalue weighted by Crippen LogP contribution is 2.29. The normalized spacial score (nSPS) is 17.2. The van der Waals surface area contributed by atoms with Crippen LogP contribution in [0.4, 0.5) is 10.1 Å². The van der Waals surface area contributed by atoms with Crippen LogP contribution in [0.25, 0.3) is 0 Å². The molecular formula is C18H19FN2. The zero-order chi connectivity index (χ0) is 14.2. The molecule has 4 rings (SSSR count). The quantitative estimate of drug-likeness (QED) is 0.908. The first-order valence-corrected chi connectivity index (χ1v) is 7.64. The van der Waals surface area contributed by atoms with Gasteiger partial charge in [-0.3, -0.25) is 4.90 Å². The number of para-hydroxylation sites is 1. The first kappa shape index (κ1) is 12.8. The molecule has 2 heterocycles. The van der Waals surface area contributed by atoms with E-state index in [-0.39, 0.29) is 5.82 Å². The Morgan fingerprint density at radius 1 is 1.05 bits per heavy atom. The summed E-state index contributed by atoms with van der Waals surface area (Å²) in [7, 11) is 0. The molecule has 0 spiro atoms. The molecule has 0 fully saturated rings. The van der Waals surface area contributed by atoms with Crippen molar-refractivity contribution < 1.29 is 4.39 Å². The predicted octanol–water partition coefficient (Wildman–Crippen LogP) is 3.35. The molecule has 3 heteroatoms. The largest absolute Gasteiger partial charge is 0.384 e. The number of fused-ring (bicyclic) bond motifs is 2. The van der Waals surface area contributed by atoms with Gasteiger partial charge in [0.15, 0.2) is 0 Å². The zero-order valence-corrected chi connectivity index (χ0v) is 12.0. The Labute approximate surface area is 124 Å². The Balaban J connectivity index is 1.57. The molecule has 1 N–H and O–H groups in total. The van der Waals surface area contributed by atoms with Gasteiger partial charge in [-0.2, -0.15) is 0 Å². The first-order valence-electron chi connectivity index (χ1n) is 7.64. The van der Waals surface area contributed by atoms with Crippen molar-refractivity contribution in [2.45, 2.75) is 25.9 Å². The summed E-state index contributed by atoms with van der Waals surface area (Å²) in [4.78, 5) is 2.35. The average Bonchev–Trinajstić information content (AvgIpc) is 2.98. The fourth-order valence-electron chi connectivity index (χ4n) is 3.51. The maximum atomic E-state index is 14.0. The summed E-state index contributed by atoms with van der Waals surface area (Å²) in [5.41, 5.74) is 6.10. The molecule has 0 amide bonds. The average molecular weight is 282 g/mol. The summed E-state index contributed by atoms with van der Waals surface area (Å²) in [6, 6.07) is 12.0. The fourth-order valence-corrected chi connectivity index (χ4v) is 3.51. The van der Waals surface area contributed by atoms with E-state index in [2.05, 4.69) is 34.5 Å². The van der Waals surface area contributed by atoms with E-state index in [1.807, 2.05) is 6.07 Å². The van der Waals surface area contributed by atoms with E-state index in [0.29, 0.717) is 6.54 Å². The van der Waals surface area contributed by atoms with Gasteiger partial charge in [-0.05, 0) is 35.6 Å². The number of anilines is 1. The van der Waals surface area contributed by atoms with Crippen molar-refractivity contribution in [2.75, 3.05) is 18.4 Å². The monoisotopic (exact) mass is 282 g/mol. The molecule has 2 aliphatic rings. The highest BCUT2D eigenvalue weighted by molar-refractivity contribution is 5.61. The van der Waals surface area contributed by atoms with E-state index < -0.39 is 0 Å². The van der Waals surface area contributed by atoms with E-state index in [1.54, 1.807) is 6.07 Å². The smallest absolute Gasteiger partial charge is 0.127 e. The molecule has 21 heavy (non-hydrogen) atoms. The van der Waals surface area contributed by atoms with Gasteiger partial charge < -0.3 is 5.32 Å². The second-order valence-electron chi connectivity index (χ2n) is 5.97. The maximum Gasteiger partial charge on any atom is 0.127 e. The summed E-state index contributed by atoms with van der Waals surface area (Å²) < 4.78 is 14.0. The molecule has 0 aromatic heterocycles. The van der Waals surface area contributed by atoms with Crippen LogP contribution in [0.5, 0.6) is 0 Å². The van der Waals surface area contributed by atoms with Crippen LogP contribution in [0.3, 0.4) is 0 Å². The number of hydrogen-bond acceptors (Lipinski definition) is 2. The molecule has 108 valence electrons. The fraction of sp³-hybridized carbons (Fsp3) is 0.333. The van der Waals surface area contributed by atoms with E-state index in [9.17, 15) is 4.39 Å². The number of benzene rings is 2. The van der Waals surface area contributed by atoms with Crippen LogP contribution in [0.2, 0.25) is 0 Å². The number of nitrogens with one attached hydrogen (secondary N) is 1. The van der Waals surface area contributed by atoms with Crippen molar-refractivity contribution in [3.63, 3.8) is 0 Å². The lowest BCUT2D eigenvalue weighted by Crippen LogP contribution is -2.31. The minimum absolute atomic E-state index is 0.0615. The second kappa shape index (κ2) is 5.15. The van der Waals surface area contributed by atoms with Gasteiger partial charge in [0.05, 0.1) is 0 Å². The molecule has 0 atom stereocenters. The molecule has 0 saturated carbocycles. The third kappa shape index (κ3) is 2.32. The van der Waals surface area contributed by atoms with E-state index in [4.69, 9.17) is 0 Å². The summed E-state index contributed by atoms with van der Waals surface area (Å²) in [6.45, 7) is 3.64. The van der Waals surface area contributed by atoms with Gasteiger partial charge in [0, 0.05) is 37.4 Å². The maximum absolute atomic E-state index is 14.0. The van der Waals surface area contributed by atoms with Gasteiger partial charge in [-0.25, -0.2) is 4.39 Å². The highest BCUT2D eigenvalue weighted by atomic mass is 19.1. The van der Waals surface area contributed by atoms with Crippen molar-refractivity contribution in [3.8, 4) is 0 Å². The van der Waals surface area contributed by atoms with Gasteiger partial charge in [0.1, 0.15) is 5.82 Å². The molecule has 2 nitrogen and oxygen atoms in total. The van der Waals surface area contributed by atoms with Crippen LogP contribution < -0.4 is 5.32 Å². The first-order chi connectivity index (χ1) is 10.3. The zero-order valence-electron chi connectivity index (χ0n) is 12.0. The van der Waals surface area contributed by atoms with Crippen molar-refractivity contribution in [1.29, 1.82) is 0 Å². The lowest BCUT2D eigenvalue weighted by Gasteiger charge is -2.29. The summed E-state index contributed by atoms with van der Waals surface area (Å²) >= 11 is 0. The van der Waals surface area contributed by atoms with Crippen molar-refractivity contribution in [3.05, 3.63) is 64.5 Å². The van der Waals surface area contributed by atoms with Gasteiger partial charge in [0.25, 0.3) is 0 Å². The van der Waals surface area contributed by atoms with E-state index in [1.165, 1.54) is 22.4 Å². The molecule has 0 unspecified atom stereocenters. The SMILES string of the molecule is Fc1cccc2c1CN(Cc1cccc3c1NCC3)CC2. The Morgan fingerprint density at radius 2 is 1.90 bits per heavy atom. The number of rotatable bonds is 2. The van der Waals surface area contributed by atoms with Crippen LogP contribution in [-0.2, 0) is 25.9 Å². The van der Waals surface area contributed by atoms with Gasteiger partial charge in [-0.1, -0.05) is 30.3 Å². The van der Waals surface area contributed by atoms with Crippen molar-refractivity contribution >= 4 is 5.69 Å². The summed E-state index contributed by atoms with van der Waals surface area (Å²) in [5.74, 6) is -0.0615. The topological polar surface area (TPSA) is 15.3 Å². The number of halogens is 1. The van der Waals surface area contributed by atoms with Crippen molar-refractivity contribution in [1.82, 2.24) is 4.90 Å². The molecule has 0 aliphatic carbocycles. The van der Waals surface area contributed by atoms with Crippen LogP contribution in [0.1, 0.15) is 22.3 Å². The van der Waals surface area contributed by atoms with Crippen LogP contribution in [-0.4, -0.2) is 18.0 Å². The third-order valence-corrected chi connectivity index (χ3v) is 4.62. The lowest BCUT2D eigenvalue weighted by molar-refractivity contribution is 0.241. The van der Waals surface area contributed by atoms with Crippen LogP contribution in [0, 0.1) is 5.82 Å². The standard InChI is InChI=1S/C18H19FN2/c19-17-6-2-3-13-8-10-21(12-16(13)17)11-15-5-1-4-14-7-9-20-18(14)15/h1-6,20H,7-12H2. The third-order valence-electron chi connectivity index (χ3n) is 4.62. The minimum atomic E-state index is -0.0615. The molecular weight excluding hydrogens is 263 g/mol. The predicted molar refractivity (Wildman–Crippen MR) is 82.9 cm³/mol. The highest BCUT2D eigenvalue weighted by Gasteiger charge is 2.21. The summed E-state index contributed by atoms with van der Waals surface area (Å²) in [6.07, 6.45) is 2.05. The van der Waals surface area contributed by atoms with E-state index in [0.717, 1.165) is 38.0 Å². The van der Waals surface area contributed by atoms with Crippen molar-refractivity contribution in [2.24, 2.45) is 0 Å². The lowest BCUT2D eigenvalue weighted by atomic mass is 9.98. The Morgan fingerprint density at radius 3 is 2.86 bits per heavy atom. The second-order valence-corrected chi connectivity index (χ2v) is 5.97. The minimum Gasteiger partial charge on any atom is -0.384 e. The van der Waals surface area contributed by atoms with Crippen LogP contribution >= 0.6 is 0 Å². The molecule has 2 aliphatic heterocycles. The Hall–Kier alpha value is -1.87. The molecule has 2 aromatic rings. The molecule has 0 saturated heterocycles. The van der Waals surface area contributed by atoms with Crippen LogP contribution in [0.15, 0.2) is 36.4 Å². The molecule has 0 radical (unpaired) electrons.